The number of ether oxygens (including phenoxy) is 1. The Balaban J connectivity index is 1.54. The first-order valence-corrected chi connectivity index (χ1v) is 11.3. The summed E-state index contributed by atoms with van der Waals surface area (Å²) in [7, 11) is -0.418. The van der Waals surface area contributed by atoms with Crippen molar-refractivity contribution in [2.45, 2.75) is 10.1 Å². The van der Waals surface area contributed by atoms with Crippen LogP contribution >= 0.6 is 23.4 Å². The van der Waals surface area contributed by atoms with Gasteiger partial charge < -0.3 is 4.74 Å². The zero-order valence-corrected chi connectivity index (χ0v) is 17.8. The van der Waals surface area contributed by atoms with E-state index in [1.807, 2.05) is 35.0 Å². The van der Waals surface area contributed by atoms with Crippen LogP contribution < -0.4 is 4.74 Å². The van der Waals surface area contributed by atoms with E-state index in [9.17, 15) is 8.42 Å². The first kappa shape index (κ1) is 20.7. The third kappa shape index (κ3) is 4.88. The maximum absolute atomic E-state index is 12.1. The average molecular weight is 438 g/mol. The molecule has 1 aromatic heterocycles. The van der Waals surface area contributed by atoms with E-state index in [0.29, 0.717) is 23.1 Å². The van der Waals surface area contributed by atoms with E-state index < -0.39 is 10.0 Å². The molecule has 0 atom stereocenters. The van der Waals surface area contributed by atoms with Gasteiger partial charge in [-0.1, -0.05) is 23.4 Å². The number of imidazole rings is 1. The number of hydrogen-bond donors (Lipinski definition) is 0. The van der Waals surface area contributed by atoms with Crippen LogP contribution in [-0.2, 0) is 10.0 Å². The minimum absolute atomic E-state index is 0.240. The molecule has 0 bridgehead atoms. The minimum Gasteiger partial charge on any atom is -0.493 e. The number of hydrogen-bond acceptors (Lipinski definition) is 5. The van der Waals surface area contributed by atoms with E-state index in [4.69, 9.17) is 16.3 Å². The Labute approximate surface area is 174 Å². The van der Waals surface area contributed by atoms with Crippen LogP contribution in [0.15, 0.2) is 71.0 Å². The smallest absolute Gasteiger partial charge is 0.242 e. The third-order valence-electron chi connectivity index (χ3n) is 3.90. The monoisotopic (exact) mass is 437 g/mol. The average Bonchev–Trinajstić information content (AvgIpc) is 3.14. The molecule has 28 heavy (non-hydrogen) atoms. The molecule has 1 heterocycles. The van der Waals surface area contributed by atoms with Gasteiger partial charge in [0, 0.05) is 43.0 Å². The summed E-state index contributed by atoms with van der Waals surface area (Å²) in [6.45, 7) is 0.470. The molecule has 2 aromatic carbocycles. The normalized spacial score (nSPS) is 11.7. The van der Waals surface area contributed by atoms with Crippen molar-refractivity contribution in [2.75, 3.05) is 26.5 Å². The summed E-state index contributed by atoms with van der Waals surface area (Å²) in [5.41, 5.74) is 0.989. The molecule has 0 saturated heterocycles. The summed E-state index contributed by atoms with van der Waals surface area (Å²) in [6.07, 6.45) is 3.65. The molecule has 0 unspecified atom stereocenters. The largest absolute Gasteiger partial charge is 0.493 e. The molecule has 3 aromatic rings. The van der Waals surface area contributed by atoms with Crippen LogP contribution in [0.2, 0.25) is 5.02 Å². The Kier molecular flexibility index (Phi) is 6.66. The van der Waals surface area contributed by atoms with Crippen molar-refractivity contribution in [3.05, 3.63) is 65.9 Å². The van der Waals surface area contributed by atoms with Crippen LogP contribution in [-0.4, -0.2) is 48.7 Å². The molecule has 0 radical (unpaired) electrons. The summed E-state index contributed by atoms with van der Waals surface area (Å²) in [4.78, 5) is 4.62. The van der Waals surface area contributed by atoms with Crippen LogP contribution in [0.3, 0.4) is 0 Å². The molecule has 0 aliphatic carbocycles. The summed E-state index contributed by atoms with van der Waals surface area (Å²) in [5, 5.41) is 1.55. The van der Waals surface area contributed by atoms with Crippen LogP contribution in [0, 0.1) is 0 Å². The number of halogens is 1. The second-order valence-corrected chi connectivity index (χ2v) is 9.66. The number of benzene rings is 2. The first-order chi connectivity index (χ1) is 13.4. The van der Waals surface area contributed by atoms with Crippen LogP contribution in [0.1, 0.15) is 0 Å². The van der Waals surface area contributed by atoms with E-state index in [0.717, 1.165) is 10.8 Å². The van der Waals surface area contributed by atoms with Crippen molar-refractivity contribution >= 4 is 33.4 Å². The highest BCUT2D eigenvalue weighted by Gasteiger charge is 2.16. The van der Waals surface area contributed by atoms with Crippen molar-refractivity contribution in [3.63, 3.8) is 0 Å². The molecule has 3 rings (SSSR count). The van der Waals surface area contributed by atoms with Crippen LogP contribution in [0.4, 0.5) is 0 Å². The standard InChI is InChI=1S/C19H20ClN3O3S2/c1-22(2)28(24,25)18-9-7-17(8-10-18)26-13-14-27-19-21-11-12-23(19)16-5-3-15(20)4-6-16/h3-12H,13-14H2,1-2H3. The minimum atomic E-state index is -3.43. The SMILES string of the molecule is CN(C)S(=O)(=O)c1ccc(OCCSc2nccn2-c2ccc(Cl)cc2)cc1. The predicted molar refractivity (Wildman–Crippen MR) is 112 cm³/mol. The molecule has 0 spiro atoms. The molecule has 0 amide bonds. The second-order valence-electron chi connectivity index (χ2n) is 6.01. The van der Waals surface area contributed by atoms with E-state index in [-0.39, 0.29) is 4.90 Å². The lowest BCUT2D eigenvalue weighted by Crippen LogP contribution is -2.22. The number of thioether (sulfide) groups is 1. The fraction of sp³-hybridized carbons (Fsp3) is 0.211. The van der Waals surface area contributed by atoms with Gasteiger partial charge in [0.25, 0.3) is 0 Å². The second kappa shape index (κ2) is 9.00. The number of sulfonamides is 1. The van der Waals surface area contributed by atoms with E-state index in [2.05, 4.69) is 4.98 Å². The summed E-state index contributed by atoms with van der Waals surface area (Å²) < 4.78 is 33.0. The molecule has 6 nitrogen and oxygen atoms in total. The van der Waals surface area contributed by atoms with E-state index in [1.54, 1.807) is 42.2 Å². The lowest BCUT2D eigenvalue weighted by molar-refractivity contribution is 0.343. The highest BCUT2D eigenvalue weighted by molar-refractivity contribution is 7.99. The van der Waals surface area contributed by atoms with Gasteiger partial charge in [-0.3, -0.25) is 4.57 Å². The number of aromatic nitrogens is 2. The predicted octanol–water partition coefficient (Wildman–Crippen LogP) is 3.95. The molecule has 0 aliphatic rings. The Morgan fingerprint density at radius 1 is 1.11 bits per heavy atom. The van der Waals surface area contributed by atoms with Gasteiger partial charge in [0.1, 0.15) is 5.75 Å². The lowest BCUT2D eigenvalue weighted by Gasteiger charge is -2.12. The van der Waals surface area contributed by atoms with Crippen LogP contribution in [0.25, 0.3) is 5.69 Å². The third-order valence-corrected chi connectivity index (χ3v) is 6.91. The van der Waals surface area contributed by atoms with Gasteiger partial charge in [-0.25, -0.2) is 17.7 Å². The van der Waals surface area contributed by atoms with Gasteiger partial charge in [0.05, 0.1) is 11.5 Å². The number of nitrogens with zero attached hydrogens (tertiary/aromatic N) is 3. The fourth-order valence-electron chi connectivity index (χ4n) is 2.41. The Hall–Kier alpha value is -2.00. The molecular formula is C19H20ClN3O3S2. The molecule has 0 N–H and O–H groups in total. The van der Waals surface area contributed by atoms with Crippen molar-refractivity contribution in [1.82, 2.24) is 13.9 Å². The highest BCUT2D eigenvalue weighted by atomic mass is 35.5. The van der Waals surface area contributed by atoms with Crippen molar-refractivity contribution in [2.24, 2.45) is 0 Å². The van der Waals surface area contributed by atoms with Gasteiger partial charge >= 0.3 is 0 Å². The molecule has 148 valence electrons. The molecular weight excluding hydrogens is 418 g/mol. The topological polar surface area (TPSA) is 64.4 Å². The van der Waals surface area contributed by atoms with Gasteiger partial charge in [-0.2, -0.15) is 0 Å². The van der Waals surface area contributed by atoms with E-state index >= 15 is 0 Å². The van der Waals surface area contributed by atoms with Gasteiger partial charge in [-0.05, 0) is 48.5 Å². The quantitative estimate of drug-likeness (QED) is 0.394. The highest BCUT2D eigenvalue weighted by Crippen LogP contribution is 2.22. The Morgan fingerprint density at radius 3 is 2.43 bits per heavy atom. The molecule has 0 aliphatic heterocycles. The zero-order chi connectivity index (χ0) is 20.1. The number of rotatable bonds is 8. The molecule has 9 heteroatoms. The van der Waals surface area contributed by atoms with E-state index in [1.165, 1.54) is 18.4 Å². The molecule has 0 saturated carbocycles. The lowest BCUT2D eigenvalue weighted by atomic mass is 10.3. The van der Waals surface area contributed by atoms with Gasteiger partial charge in [0.15, 0.2) is 5.16 Å². The summed E-state index contributed by atoms with van der Waals surface area (Å²) >= 11 is 7.52. The maximum atomic E-state index is 12.1. The summed E-state index contributed by atoms with van der Waals surface area (Å²) in [5.74, 6) is 1.32. The Bertz CT molecular complexity index is 1020. The summed E-state index contributed by atoms with van der Waals surface area (Å²) in [6, 6.07) is 14.0. The zero-order valence-electron chi connectivity index (χ0n) is 15.4. The van der Waals surface area contributed by atoms with Gasteiger partial charge in [-0.15, -0.1) is 0 Å². The van der Waals surface area contributed by atoms with Crippen molar-refractivity contribution in [1.29, 1.82) is 0 Å². The van der Waals surface area contributed by atoms with Crippen LogP contribution in [0.5, 0.6) is 5.75 Å². The first-order valence-electron chi connectivity index (χ1n) is 8.45. The van der Waals surface area contributed by atoms with Crippen molar-refractivity contribution in [3.8, 4) is 11.4 Å². The maximum Gasteiger partial charge on any atom is 0.242 e. The van der Waals surface area contributed by atoms with Gasteiger partial charge in [0.2, 0.25) is 10.0 Å². The van der Waals surface area contributed by atoms with Crippen molar-refractivity contribution < 1.29 is 13.2 Å². The molecule has 0 fully saturated rings. The fourth-order valence-corrected chi connectivity index (χ4v) is 4.22. The Morgan fingerprint density at radius 2 is 1.79 bits per heavy atom.